The zero-order chi connectivity index (χ0) is 13.9. The van der Waals surface area contributed by atoms with E-state index in [1.807, 2.05) is 37.3 Å². The molecule has 19 heavy (non-hydrogen) atoms. The van der Waals surface area contributed by atoms with Gasteiger partial charge < -0.3 is 15.3 Å². The highest BCUT2D eigenvalue weighted by atomic mass is 16.3. The van der Waals surface area contributed by atoms with E-state index in [2.05, 4.69) is 5.32 Å². The zero-order valence-electron chi connectivity index (χ0n) is 11.6. The highest BCUT2D eigenvalue weighted by Gasteiger charge is 2.40. The van der Waals surface area contributed by atoms with Crippen molar-refractivity contribution in [3.05, 3.63) is 30.3 Å². The van der Waals surface area contributed by atoms with Gasteiger partial charge in [0.2, 0.25) is 5.91 Å². The number of anilines is 1. The third-order valence-corrected chi connectivity index (χ3v) is 3.71. The van der Waals surface area contributed by atoms with Gasteiger partial charge in [-0.15, -0.1) is 0 Å². The molecule has 0 unspecified atom stereocenters. The summed E-state index contributed by atoms with van der Waals surface area (Å²) in [6.07, 6.45) is 1.20. The largest absolute Gasteiger partial charge is 0.387 e. The van der Waals surface area contributed by atoms with Crippen LogP contribution in [0.3, 0.4) is 0 Å². The molecule has 4 nitrogen and oxygen atoms in total. The number of aliphatic hydroxyl groups is 1. The summed E-state index contributed by atoms with van der Waals surface area (Å²) in [7, 11) is 0. The molecule has 2 N–H and O–H groups in total. The van der Waals surface area contributed by atoms with Crippen molar-refractivity contribution in [2.75, 3.05) is 18.0 Å². The Kier molecular flexibility index (Phi) is 4.22. The average Bonchev–Trinajstić information content (AvgIpc) is 2.41. The Bertz CT molecular complexity index is 431. The Morgan fingerprint density at radius 2 is 2.16 bits per heavy atom. The lowest BCUT2D eigenvalue weighted by Crippen LogP contribution is -2.61. The number of benzene rings is 1. The number of carbonyl (C=O) groups excluding carboxylic acids is 1. The molecule has 0 saturated carbocycles. The fourth-order valence-electron chi connectivity index (χ4n) is 2.67. The lowest BCUT2D eigenvalue weighted by Gasteiger charge is -2.44. The molecule has 0 bridgehead atoms. The predicted molar refractivity (Wildman–Crippen MR) is 76.1 cm³/mol. The van der Waals surface area contributed by atoms with Crippen molar-refractivity contribution >= 4 is 11.6 Å². The first-order valence-corrected chi connectivity index (χ1v) is 6.86. The lowest BCUT2D eigenvalue weighted by molar-refractivity contribution is -0.120. The molecule has 1 amide bonds. The van der Waals surface area contributed by atoms with Gasteiger partial charge in [-0.2, -0.15) is 0 Å². The van der Waals surface area contributed by atoms with E-state index in [-0.39, 0.29) is 11.9 Å². The number of carbonyl (C=O) groups is 1. The lowest BCUT2D eigenvalue weighted by atomic mass is 9.88. The van der Waals surface area contributed by atoms with Crippen molar-refractivity contribution in [1.29, 1.82) is 0 Å². The van der Waals surface area contributed by atoms with Crippen molar-refractivity contribution in [3.63, 3.8) is 0 Å². The number of rotatable bonds is 3. The third-order valence-electron chi connectivity index (χ3n) is 3.71. The van der Waals surface area contributed by atoms with Crippen LogP contribution in [0.5, 0.6) is 0 Å². The number of nitrogens with one attached hydrogen (secondary N) is 1. The van der Waals surface area contributed by atoms with Crippen LogP contribution >= 0.6 is 0 Å². The Hall–Kier alpha value is -1.39. The maximum atomic E-state index is 12.3. The number of amides is 1. The van der Waals surface area contributed by atoms with Gasteiger partial charge in [0.1, 0.15) is 0 Å². The molecule has 1 saturated heterocycles. The number of piperidine rings is 1. The molecular weight excluding hydrogens is 240 g/mol. The molecule has 0 spiro atoms. The molecule has 0 aromatic heterocycles. The first-order valence-electron chi connectivity index (χ1n) is 6.86. The molecule has 2 rings (SSSR count). The van der Waals surface area contributed by atoms with Crippen molar-refractivity contribution in [3.8, 4) is 0 Å². The summed E-state index contributed by atoms with van der Waals surface area (Å²) in [5.41, 5.74) is -0.0413. The molecule has 1 aromatic rings. The smallest absolute Gasteiger partial charge is 0.227 e. The van der Waals surface area contributed by atoms with Crippen molar-refractivity contribution in [2.45, 2.75) is 38.3 Å². The van der Waals surface area contributed by atoms with Crippen LogP contribution in [-0.4, -0.2) is 35.7 Å². The number of hydrogen-bond donors (Lipinski definition) is 2. The van der Waals surface area contributed by atoms with Crippen LogP contribution in [0.1, 0.15) is 26.7 Å². The highest BCUT2D eigenvalue weighted by molar-refractivity contribution is 5.94. The summed E-state index contributed by atoms with van der Waals surface area (Å²) in [6.45, 7) is 4.98. The molecule has 0 aliphatic carbocycles. The minimum atomic E-state index is -0.904. The van der Waals surface area contributed by atoms with Gasteiger partial charge in [0, 0.05) is 18.7 Å². The van der Waals surface area contributed by atoms with Crippen LogP contribution < -0.4 is 10.2 Å². The van der Waals surface area contributed by atoms with Crippen molar-refractivity contribution in [2.24, 2.45) is 0 Å². The minimum Gasteiger partial charge on any atom is -0.387 e. The SMILES string of the molecule is CCC(=O)N(c1ccccc1)[C@@H]1CCNC[C@]1(C)O. The number of para-hydroxylation sites is 1. The standard InChI is InChI=1S/C15H22N2O2/c1-3-14(18)17(12-7-5-4-6-8-12)13-9-10-16-11-15(13,2)19/h4-8,13,16,19H,3,9-11H2,1-2H3/t13-,15+/m1/s1. The zero-order valence-corrected chi connectivity index (χ0v) is 11.6. The van der Waals surface area contributed by atoms with Crippen molar-refractivity contribution in [1.82, 2.24) is 5.32 Å². The van der Waals surface area contributed by atoms with E-state index in [1.54, 1.807) is 11.8 Å². The van der Waals surface area contributed by atoms with Gasteiger partial charge in [-0.05, 0) is 32.0 Å². The van der Waals surface area contributed by atoms with Gasteiger partial charge in [-0.3, -0.25) is 4.79 Å². The van der Waals surface area contributed by atoms with Crippen LogP contribution in [0.4, 0.5) is 5.69 Å². The number of β-amino-alcohol motifs (C(OH)–C–C–N with tert-alkyl or cyclic N) is 1. The normalized spacial score (nSPS) is 27.0. The molecule has 1 heterocycles. The fourth-order valence-corrected chi connectivity index (χ4v) is 2.67. The van der Waals surface area contributed by atoms with Gasteiger partial charge >= 0.3 is 0 Å². The molecule has 1 aliphatic rings. The van der Waals surface area contributed by atoms with Gasteiger partial charge in [0.05, 0.1) is 11.6 Å². The summed E-state index contributed by atoms with van der Waals surface area (Å²) in [4.78, 5) is 14.1. The Labute approximate surface area is 114 Å². The van der Waals surface area contributed by atoms with E-state index in [1.165, 1.54) is 0 Å². The number of nitrogens with zero attached hydrogens (tertiary/aromatic N) is 1. The van der Waals surface area contributed by atoms with Gasteiger partial charge in [0.15, 0.2) is 0 Å². The topological polar surface area (TPSA) is 52.6 Å². The summed E-state index contributed by atoms with van der Waals surface area (Å²) in [5, 5.41) is 13.7. The van der Waals surface area contributed by atoms with Crippen LogP contribution in [-0.2, 0) is 4.79 Å². The second-order valence-corrected chi connectivity index (χ2v) is 5.29. The average molecular weight is 262 g/mol. The molecular formula is C15H22N2O2. The van der Waals surface area contributed by atoms with Crippen LogP contribution in [0.25, 0.3) is 0 Å². The molecule has 104 valence electrons. The Morgan fingerprint density at radius 1 is 1.47 bits per heavy atom. The summed E-state index contributed by atoms with van der Waals surface area (Å²) in [6, 6.07) is 9.43. The maximum Gasteiger partial charge on any atom is 0.227 e. The quantitative estimate of drug-likeness (QED) is 0.869. The van der Waals surface area contributed by atoms with Gasteiger partial charge in [-0.1, -0.05) is 25.1 Å². The molecule has 1 aromatic carbocycles. The second-order valence-electron chi connectivity index (χ2n) is 5.29. The van der Waals surface area contributed by atoms with E-state index in [0.29, 0.717) is 13.0 Å². The monoisotopic (exact) mass is 262 g/mol. The predicted octanol–water partition coefficient (Wildman–Crippen LogP) is 1.54. The van der Waals surface area contributed by atoms with E-state index >= 15 is 0 Å². The second kappa shape index (κ2) is 5.72. The Morgan fingerprint density at radius 3 is 2.74 bits per heavy atom. The summed E-state index contributed by atoms with van der Waals surface area (Å²) in [5.74, 6) is 0.0541. The fraction of sp³-hybridized carbons (Fsp3) is 0.533. The molecule has 0 radical (unpaired) electrons. The summed E-state index contributed by atoms with van der Waals surface area (Å²) < 4.78 is 0. The van der Waals surface area contributed by atoms with Crippen LogP contribution in [0.2, 0.25) is 0 Å². The van der Waals surface area contributed by atoms with Gasteiger partial charge in [-0.25, -0.2) is 0 Å². The molecule has 1 aliphatic heterocycles. The molecule has 2 atom stereocenters. The van der Waals surface area contributed by atoms with Crippen molar-refractivity contribution < 1.29 is 9.90 Å². The first-order chi connectivity index (χ1) is 9.06. The maximum absolute atomic E-state index is 12.3. The first kappa shape index (κ1) is 14.0. The molecule has 4 heteroatoms. The highest BCUT2D eigenvalue weighted by Crippen LogP contribution is 2.28. The minimum absolute atomic E-state index is 0.0541. The van der Waals surface area contributed by atoms with Crippen LogP contribution in [0.15, 0.2) is 30.3 Å². The molecule has 1 fully saturated rings. The van der Waals surface area contributed by atoms with E-state index in [0.717, 1.165) is 18.7 Å². The number of hydrogen-bond acceptors (Lipinski definition) is 3. The Balaban J connectivity index is 2.35. The van der Waals surface area contributed by atoms with Crippen LogP contribution in [0, 0.1) is 0 Å². The van der Waals surface area contributed by atoms with E-state index in [4.69, 9.17) is 0 Å². The van der Waals surface area contributed by atoms with Gasteiger partial charge in [0.25, 0.3) is 0 Å². The third kappa shape index (κ3) is 2.96. The van der Waals surface area contributed by atoms with E-state index < -0.39 is 5.60 Å². The van der Waals surface area contributed by atoms with E-state index in [9.17, 15) is 9.90 Å². The summed E-state index contributed by atoms with van der Waals surface area (Å²) >= 11 is 0.